The van der Waals surface area contributed by atoms with Gasteiger partial charge >= 0.3 is 0 Å². The Hall–Kier alpha value is -2.21. The van der Waals surface area contributed by atoms with E-state index in [0.29, 0.717) is 24.7 Å². The maximum atomic E-state index is 12.8. The average molecular weight is 247 g/mol. The van der Waals surface area contributed by atoms with Crippen molar-refractivity contribution in [3.63, 3.8) is 0 Å². The first kappa shape index (κ1) is 12.3. The number of anilines is 3. The minimum absolute atomic E-state index is 0.270. The van der Waals surface area contributed by atoms with Crippen molar-refractivity contribution in [1.29, 1.82) is 0 Å². The third-order valence-corrected chi connectivity index (χ3v) is 2.23. The van der Waals surface area contributed by atoms with Gasteiger partial charge in [-0.15, -0.1) is 0 Å². The molecule has 0 amide bonds. The lowest BCUT2D eigenvalue weighted by Gasteiger charge is -2.07. The molecule has 1 aromatic heterocycles. The topological polar surface area (TPSA) is 75.9 Å². The Kier molecular flexibility index (Phi) is 4.03. The SMILES string of the molecule is NCCNc1cc(Nc2ccc(F)cc2)ncn1. The van der Waals surface area contributed by atoms with Crippen molar-refractivity contribution in [3.05, 3.63) is 42.5 Å². The fraction of sp³-hybridized carbons (Fsp3) is 0.167. The van der Waals surface area contributed by atoms with Gasteiger partial charge in [0.25, 0.3) is 0 Å². The molecule has 0 spiro atoms. The Morgan fingerprint density at radius 2 is 1.83 bits per heavy atom. The molecule has 18 heavy (non-hydrogen) atoms. The first-order chi connectivity index (χ1) is 8.78. The molecular formula is C12H14FN5. The summed E-state index contributed by atoms with van der Waals surface area (Å²) in [6, 6.07) is 7.82. The zero-order valence-electron chi connectivity index (χ0n) is 9.73. The van der Waals surface area contributed by atoms with E-state index in [0.717, 1.165) is 5.69 Å². The highest BCUT2D eigenvalue weighted by Crippen LogP contribution is 2.16. The highest BCUT2D eigenvalue weighted by molar-refractivity contribution is 5.58. The van der Waals surface area contributed by atoms with Crippen LogP contribution in [0.15, 0.2) is 36.7 Å². The number of rotatable bonds is 5. The van der Waals surface area contributed by atoms with Gasteiger partial charge in [0, 0.05) is 24.8 Å². The zero-order valence-corrected chi connectivity index (χ0v) is 9.73. The summed E-state index contributed by atoms with van der Waals surface area (Å²) in [5.74, 6) is 1.06. The summed E-state index contributed by atoms with van der Waals surface area (Å²) in [5, 5.41) is 6.11. The Morgan fingerprint density at radius 1 is 1.11 bits per heavy atom. The van der Waals surface area contributed by atoms with Crippen LogP contribution in [0.25, 0.3) is 0 Å². The van der Waals surface area contributed by atoms with Crippen molar-refractivity contribution in [2.24, 2.45) is 5.73 Å². The molecule has 0 saturated carbocycles. The van der Waals surface area contributed by atoms with Gasteiger partial charge in [0.05, 0.1) is 0 Å². The minimum Gasteiger partial charge on any atom is -0.369 e. The molecule has 2 aromatic rings. The van der Waals surface area contributed by atoms with Crippen LogP contribution < -0.4 is 16.4 Å². The van der Waals surface area contributed by atoms with Gasteiger partial charge in [-0.05, 0) is 24.3 Å². The monoisotopic (exact) mass is 247 g/mol. The first-order valence-electron chi connectivity index (χ1n) is 5.56. The molecule has 6 heteroatoms. The highest BCUT2D eigenvalue weighted by Gasteiger charge is 1.99. The Morgan fingerprint density at radius 3 is 2.56 bits per heavy atom. The fourth-order valence-corrected chi connectivity index (χ4v) is 1.40. The molecular weight excluding hydrogens is 233 g/mol. The van der Waals surface area contributed by atoms with E-state index in [9.17, 15) is 4.39 Å². The normalized spacial score (nSPS) is 10.1. The molecule has 4 N–H and O–H groups in total. The van der Waals surface area contributed by atoms with Crippen molar-refractivity contribution in [1.82, 2.24) is 9.97 Å². The number of hydrogen-bond donors (Lipinski definition) is 3. The van der Waals surface area contributed by atoms with Gasteiger partial charge in [0.1, 0.15) is 23.8 Å². The van der Waals surface area contributed by atoms with Gasteiger partial charge in [0.15, 0.2) is 0 Å². The number of halogens is 1. The first-order valence-corrected chi connectivity index (χ1v) is 5.56. The average Bonchev–Trinajstić information content (AvgIpc) is 2.40. The summed E-state index contributed by atoms with van der Waals surface area (Å²) >= 11 is 0. The van der Waals surface area contributed by atoms with Crippen molar-refractivity contribution >= 4 is 17.3 Å². The third-order valence-electron chi connectivity index (χ3n) is 2.23. The molecule has 5 nitrogen and oxygen atoms in total. The number of benzene rings is 1. The predicted octanol–water partition coefficient (Wildman–Crippen LogP) is 1.73. The molecule has 0 radical (unpaired) electrons. The molecule has 2 rings (SSSR count). The minimum atomic E-state index is -0.270. The molecule has 0 aliphatic rings. The van der Waals surface area contributed by atoms with Gasteiger partial charge in [-0.2, -0.15) is 0 Å². The van der Waals surface area contributed by atoms with Crippen LogP contribution in [0, 0.1) is 5.82 Å². The summed E-state index contributed by atoms with van der Waals surface area (Å²) in [5.41, 5.74) is 6.16. The number of aromatic nitrogens is 2. The lowest BCUT2D eigenvalue weighted by atomic mass is 10.3. The van der Waals surface area contributed by atoms with E-state index in [1.165, 1.54) is 18.5 Å². The predicted molar refractivity (Wildman–Crippen MR) is 69.3 cm³/mol. The second-order valence-electron chi connectivity index (χ2n) is 3.64. The van der Waals surface area contributed by atoms with Gasteiger partial charge in [-0.1, -0.05) is 0 Å². The summed E-state index contributed by atoms with van der Waals surface area (Å²) in [6.45, 7) is 1.18. The van der Waals surface area contributed by atoms with Crippen LogP contribution in [0.4, 0.5) is 21.7 Å². The van der Waals surface area contributed by atoms with E-state index in [2.05, 4.69) is 20.6 Å². The molecule has 0 saturated heterocycles. The Bertz CT molecular complexity index is 500. The molecule has 0 aliphatic carbocycles. The van der Waals surface area contributed by atoms with Gasteiger partial charge < -0.3 is 16.4 Å². The van der Waals surface area contributed by atoms with E-state index < -0.39 is 0 Å². The summed E-state index contributed by atoms with van der Waals surface area (Å²) in [7, 11) is 0. The van der Waals surface area contributed by atoms with Crippen LogP contribution in [0.2, 0.25) is 0 Å². The number of hydrogen-bond acceptors (Lipinski definition) is 5. The zero-order chi connectivity index (χ0) is 12.8. The molecule has 0 aliphatic heterocycles. The summed E-state index contributed by atoms with van der Waals surface area (Å²) in [4.78, 5) is 8.13. The third kappa shape index (κ3) is 3.39. The second-order valence-corrected chi connectivity index (χ2v) is 3.64. The van der Waals surface area contributed by atoms with E-state index in [4.69, 9.17) is 5.73 Å². The molecule has 0 bridgehead atoms. The smallest absolute Gasteiger partial charge is 0.135 e. The number of nitrogens with two attached hydrogens (primary N) is 1. The highest BCUT2D eigenvalue weighted by atomic mass is 19.1. The lowest BCUT2D eigenvalue weighted by molar-refractivity contribution is 0.628. The standard InChI is InChI=1S/C12H14FN5/c13-9-1-3-10(4-2-9)18-12-7-11(15-6-5-14)16-8-17-12/h1-4,7-8H,5-6,14H2,(H2,15,16,17,18). The van der Waals surface area contributed by atoms with Gasteiger partial charge in [-0.25, -0.2) is 14.4 Å². The van der Waals surface area contributed by atoms with Crippen LogP contribution in [0.3, 0.4) is 0 Å². The summed E-state index contributed by atoms with van der Waals surface area (Å²) < 4.78 is 12.8. The van der Waals surface area contributed by atoms with Gasteiger partial charge in [-0.3, -0.25) is 0 Å². The quantitative estimate of drug-likeness (QED) is 0.750. The molecule has 1 heterocycles. The van der Waals surface area contributed by atoms with Crippen LogP contribution in [0.5, 0.6) is 0 Å². The van der Waals surface area contributed by atoms with Crippen molar-refractivity contribution < 1.29 is 4.39 Å². The molecule has 0 fully saturated rings. The van der Waals surface area contributed by atoms with E-state index in [-0.39, 0.29) is 5.82 Å². The lowest BCUT2D eigenvalue weighted by Crippen LogP contribution is -2.14. The van der Waals surface area contributed by atoms with E-state index in [1.54, 1.807) is 18.2 Å². The largest absolute Gasteiger partial charge is 0.369 e. The Labute approximate surface area is 104 Å². The maximum absolute atomic E-state index is 12.8. The van der Waals surface area contributed by atoms with Crippen LogP contribution in [0.1, 0.15) is 0 Å². The second kappa shape index (κ2) is 5.92. The molecule has 1 aromatic carbocycles. The molecule has 0 atom stereocenters. The van der Waals surface area contributed by atoms with Crippen LogP contribution in [-0.2, 0) is 0 Å². The molecule has 0 unspecified atom stereocenters. The number of nitrogens with zero attached hydrogens (tertiary/aromatic N) is 2. The van der Waals surface area contributed by atoms with E-state index in [1.807, 2.05) is 0 Å². The van der Waals surface area contributed by atoms with Crippen molar-refractivity contribution in [2.75, 3.05) is 23.7 Å². The van der Waals surface area contributed by atoms with Crippen LogP contribution in [-0.4, -0.2) is 23.1 Å². The maximum Gasteiger partial charge on any atom is 0.135 e. The van der Waals surface area contributed by atoms with Crippen molar-refractivity contribution in [3.8, 4) is 0 Å². The summed E-state index contributed by atoms with van der Waals surface area (Å²) in [6.07, 6.45) is 1.45. The van der Waals surface area contributed by atoms with Crippen molar-refractivity contribution in [2.45, 2.75) is 0 Å². The van der Waals surface area contributed by atoms with Crippen LogP contribution >= 0.6 is 0 Å². The fourth-order valence-electron chi connectivity index (χ4n) is 1.40. The molecule has 94 valence electrons. The van der Waals surface area contributed by atoms with Gasteiger partial charge in [0.2, 0.25) is 0 Å². The Balaban J connectivity index is 2.06. The number of nitrogens with one attached hydrogen (secondary N) is 2. The van der Waals surface area contributed by atoms with E-state index >= 15 is 0 Å².